The number of carbonyl (C=O) groups is 1. The highest BCUT2D eigenvalue weighted by Crippen LogP contribution is 2.66. The Balaban J connectivity index is 1.32. The lowest BCUT2D eigenvalue weighted by molar-refractivity contribution is -0.116. The predicted molar refractivity (Wildman–Crippen MR) is 175 cm³/mol. The number of phosphoric ester groups is 1. The number of aromatic amines is 1. The van der Waals surface area contributed by atoms with Crippen LogP contribution in [0.1, 0.15) is 31.1 Å². The molecule has 9 N–H and O–H groups in total. The normalized spacial score (nSPS) is 20.4. The first kappa shape index (κ1) is 40.3. The minimum Gasteiger partial charge on any atom is -0.390 e. The van der Waals surface area contributed by atoms with E-state index in [1.54, 1.807) is 18.3 Å². The van der Waals surface area contributed by atoms with Crippen molar-refractivity contribution in [2.24, 2.45) is 5.73 Å². The number of ether oxygens (including phenoxy) is 1. The van der Waals surface area contributed by atoms with Crippen molar-refractivity contribution in [1.29, 1.82) is 0 Å². The number of hydrogen-bond donors (Lipinski definition) is 8. The summed E-state index contributed by atoms with van der Waals surface area (Å²) in [5.41, 5.74) is 4.87. The SMILES string of the molecule is CN(CCNC(=O)/C=C/c1cn(C2CC(O)C(COP(=O)(O)OP(=O)(O)OP(=O)(O)O)O2)c(=O)[nH]c1=O)c1ncnc2c1ncn2CCCCN. The number of H-pyrrole nitrogens is 1. The van der Waals surface area contributed by atoms with E-state index in [-0.39, 0.29) is 18.5 Å². The van der Waals surface area contributed by atoms with Crippen LogP contribution >= 0.6 is 23.5 Å². The number of nitrogens with one attached hydrogen (secondary N) is 2. The second-order valence-electron chi connectivity index (χ2n) is 10.9. The number of aliphatic hydroxyl groups is 1. The van der Waals surface area contributed by atoms with Crippen LogP contribution in [0, 0.1) is 0 Å². The fourth-order valence-electron chi connectivity index (χ4n) is 4.76. The Morgan fingerprint density at radius 2 is 1.90 bits per heavy atom. The molecule has 0 saturated carbocycles. The van der Waals surface area contributed by atoms with Gasteiger partial charge >= 0.3 is 29.2 Å². The van der Waals surface area contributed by atoms with E-state index in [2.05, 4.69) is 33.4 Å². The zero-order valence-corrected chi connectivity index (χ0v) is 29.4. The molecule has 3 aromatic heterocycles. The predicted octanol–water partition coefficient (Wildman–Crippen LogP) is -1.33. The van der Waals surface area contributed by atoms with E-state index in [0.29, 0.717) is 36.6 Å². The fraction of sp³-hybridized carbons (Fsp3) is 0.500. The molecule has 0 spiro atoms. The van der Waals surface area contributed by atoms with E-state index in [0.717, 1.165) is 35.8 Å². The van der Waals surface area contributed by atoms with Crippen molar-refractivity contribution < 1.29 is 61.1 Å². The maximum Gasteiger partial charge on any atom is 0.490 e. The van der Waals surface area contributed by atoms with Crippen molar-refractivity contribution in [2.45, 2.75) is 44.2 Å². The number of imidazole rings is 1. The Kier molecular flexibility index (Phi) is 13.4. The summed E-state index contributed by atoms with van der Waals surface area (Å²) < 4.78 is 54.3. The highest BCUT2D eigenvalue weighted by atomic mass is 31.3. The van der Waals surface area contributed by atoms with Crippen LogP contribution in [-0.2, 0) is 42.9 Å². The molecule has 4 heterocycles. The van der Waals surface area contributed by atoms with Crippen molar-refractivity contribution in [3.05, 3.63) is 51.3 Å². The molecule has 5 atom stereocenters. The first-order valence-corrected chi connectivity index (χ1v) is 19.4. The van der Waals surface area contributed by atoms with Gasteiger partial charge in [-0.05, 0) is 25.5 Å². The van der Waals surface area contributed by atoms with Gasteiger partial charge in [0.1, 0.15) is 18.7 Å². The summed E-state index contributed by atoms with van der Waals surface area (Å²) in [7, 11) is -15.1. The lowest BCUT2D eigenvalue weighted by Crippen LogP contribution is -2.34. The van der Waals surface area contributed by atoms with Gasteiger partial charge < -0.3 is 49.9 Å². The van der Waals surface area contributed by atoms with Crippen molar-refractivity contribution in [2.75, 3.05) is 38.2 Å². The number of carbonyl (C=O) groups excluding carboxylic acids is 1. The van der Waals surface area contributed by atoms with E-state index in [1.807, 2.05) is 9.55 Å². The molecule has 51 heavy (non-hydrogen) atoms. The second kappa shape index (κ2) is 16.9. The topological polar surface area (TPSA) is 346 Å². The van der Waals surface area contributed by atoms with Crippen LogP contribution in [0.15, 0.2) is 34.5 Å². The highest BCUT2D eigenvalue weighted by molar-refractivity contribution is 7.66. The number of rotatable bonds is 18. The van der Waals surface area contributed by atoms with Gasteiger partial charge in [0.05, 0.1) is 24.6 Å². The molecule has 0 radical (unpaired) electrons. The number of aryl methyl sites for hydroxylation is 1. The zero-order chi connectivity index (χ0) is 37.6. The number of amides is 1. The molecule has 282 valence electrons. The molecule has 1 saturated heterocycles. The molecule has 3 aromatic rings. The number of aromatic nitrogens is 6. The molecule has 1 amide bonds. The molecule has 0 aliphatic carbocycles. The van der Waals surface area contributed by atoms with Gasteiger partial charge in [0.15, 0.2) is 17.0 Å². The van der Waals surface area contributed by atoms with Crippen molar-refractivity contribution in [1.82, 2.24) is 34.4 Å². The minimum atomic E-state index is -5.77. The van der Waals surface area contributed by atoms with E-state index in [9.17, 15) is 43.0 Å². The van der Waals surface area contributed by atoms with Crippen molar-refractivity contribution >= 4 is 52.4 Å². The Bertz CT molecular complexity index is 2000. The molecule has 5 unspecified atom stereocenters. The molecule has 0 bridgehead atoms. The van der Waals surface area contributed by atoms with Crippen LogP contribution in [0.5, 0.6) is 0 Å². The first-order valence-electron chi connectivity index (χ1n) is 14.9. The van der Waals surface area contributed by atoms with E-state index in [4.69, 9.17) is 20.3 Å². The second-order valence-corrected chi connectivity index (χ2v) is 15.3. The summed E-state index contributed by atoms with van der Waals surface area (Å²) in [6.45, 7) is 0.828. The third-order valence-corrected chi connectivity index (χ3v) is 10.9. The quantitative estimate of drug-likeness (QED) is 0.0421. The first-order chi connectivity index (χ1) is 23.9. The van der Waals surface area contributed by atoms with Gasteiger partial charge in [0.25, 0.3) is 5.56 Å². The molecular formula is C24H36N9O15P3. The average Bonchev–Trinajstić information content (AvgIpc) is 3.60. The van der Waals surface area contributed by atoms with Gasteiger partial charge in [-0.3, -0.25) is 23.7 Å². The summed E-state index contributed by atoms with van der Waals surface area (Å²) in [5.74, 6) is -0.0109. The summed E-state index contributed by atoms with van der Waals surface area (Å²) in [6, 6.07) is 0. The Morgan fingerprint density at radius 1 is 1.16 bits per heavy atom. The Hall–Kier alpha value is -3.47. The van der Waals surface area contributed by atoms with E-state index >= 15 is 0 Å². The molecule has 1 fully saturated rings. The zero-order valence-electron chi connectivity index (χ0n) is 26.7. The Labute approximate surface area is 287 Å². The summed E-state index contributed by atoms with van der Waals surface area (Å²) in [4.78, 5) is 90.6. The van der Waals surface area contributed by atoms with Gasteiger partial charge in [-0.2, -0.15) is 8.62 Å². The molecule has 1 aliphatic heterocycles. The van der Waals surface area contributed by atoms with Crippen LogP contribution in [0.4, 0.5) is 5.82 Å². The molecule has 24 nitrogen and oxygen atoms in total. The number of nitrogens with zero attached hydrogens (tertiary/aromatic N) is 6. The Morgan fingerprint density at radius 3 is 2.61 bits per heavy atom. The van der Waals surface area contributed by atoms with Crippen molar-refractivity contribution in [3.8, 4) is 0 Å². The van der Waals surface area contributed by atoms with Crippen LogP contribution in [0.2, 0.25) is 0 Å². The number of unbranched alkanes of at least 4 members (excludes halogenated alkanes) is 1. The summed E-state index contributed by atoms with van der Waals surface area (Å²) in [6.07, 6.45) is 3.64. The van der Waals surface area contributed by atoms with Gasteiger partial charge in [-0.15, -0.1) is 0 Å². The minimum absolute atomic E-state index is 0.151. The standard InChI is InChI=1S/C24H36N9O15P3/c1-31(21-20-22(28-13-27-21)32(14-29-20)8-3-2-6-25)9-7-26-18(35)5-4-15-11-33(24(37)30-23(15)36)19-10-16(34)17(46-19)12-45-50(41,42)48-51(43,44)47-49(38,39)40/h4-5,11,13-14,16-17,19,34H,2-3,6-10,12,25H2,1H3,(H,26,35)(H,41,42)(H,43,44)(H,30,36,37)(H2,38,39,40)/b5-4+. The molecule has 0 aromatic carbocycles. The summed E-state index contributed by atoms with van der Waals surface area (Å²) in [5, 5.41) is 13.0. The number of phosphoric acid groups is 3. The third kappa shape index (κ3) is 11.5. The van der Waals surface area contributed by atoms with E-state index < -0.39 is 65.7 Å². The number of anilines is 1. The van der Waals surface area contributed by atoms with Crippen LogP contribution in [0.3, 0.4) is 0 Å². The smallest absolute Gasteiger partial charge is 0.390 e. The number of hydrogen-bond acceptors (Lipinski definition) is 16. The van der Waals surface area contributed by atoms with Crippen LogP contribution in [-0.4, -0.2) is 105 Å². The van der Waals surface area contributed by atoms with Gasteiger partial charge in [-0.1, -0.05) is 0 Å². The average molecular weight is 784 g/mol. The van der Waals surface area contributed by atoms with Gasteiger partial charge in [0.2, 0.25) is 5.91 Å². The molecular weight excluding hydrogens is 747 g/mol. The van der Waals surface area contributed by atoms with Crippen molar-refractivity contribution in [3.63, 3.8) is 0 Å². The number of fused-ring (bicyclic) bond motifs is 1. The number of likely N-dealkylation sites (N-methyl/N-ethyl adjacent to an activating group) is 1. The van der Waals surface area contributed by atoms with Crippen LogP contribution < -0.4 is 27.2 Å². The maximum absolute atomic E-state index is 12.5. The largest absolute Gasteiger partial charge is 0.490 e. The monoisotopic (exact) mass is 783 g/mol. The van der Waals surface area contributed by atoms with E-state index in [1.165, 1.54) is 6.33 Å². The fourth-order valence-corrected chi connectivity index (χ4v) is 7.79. The lowest BCUT2D eigenvalue weighted by atomic mass is 10.2. The van der Waals surface area contributed by atoms with Gasteiger partial charge in [0, 0.05) is 45.4 Å². The highest BCUT2D eigenvalue weighted by Gasteiger charge is 2.43. The van der Waals surface area contributed by atoms with Gasteiger partial charge in [-0.25, -0.2) is 33.4 Å². The lowest BCUT2D eigenvalue weighted by Gasteiger charge is -2.19. The molecule has 4 rings (SSSR count). The maximum atomic E-state index is 12.5. The molecule has 1 aliphatic rings. The van der Waals surface area contributed by atoms with Crippen LogP contribution in [0.25, 0.3) is 17.2 Å². The number of aliphatic hydroxyl groups excluding tert-OH is 1. The summed E-state index contributed by atoms with van der Waals surface area (Å²) >= 11 is 0. The number of nitrogens with two attached hydrogens (primary N) is 1. The molecule has 27 heteroatoms. The third-order valence-electron chi connectivity index (χ3n) is 7.08.